The van der Waals surface area contributed by atoms with Crippen molar-refractivity contribution in [2.24, 2.45) is 5.73 Å². The predicted octanol–water partition coefficient (Wildman–Crippen LogP) is 1.83. The summed E-state index contributed by atoms with van der Waals surface area (Å²) in [7, 11) is 0. The van der Waals surface area contributed by atoms with Gasteiger partial charge in [0.1, 0.15) is 0 Å². The van der Waals surface area contributed by atoms with Crippen molar-refractivity contribution in [1.29, 1.82) is 0 Å². The first-order chi connectivity index (χ1) is 12.3. The number of primary amides is 1. The zero-order valence-electron chi connectivity index (χ0n) is 14.2. The van der Waals surface area contributed by atoms with Gasteiger partial charge in [-0.25, -0.2) is 0 Å². The average molecular weight is 467 g/mol. The Bertz CT molecular complexity index is 862. The summed E-state index contributed by atoms with van der Waals surface area (Å²) in [5.41, 5.74) is 7.92. The van der Waals surface area contributed by atoms with Crippen molar-refractivity contribution >= 4 is 57.6 Å². The van der Waals surface area contributed by atoms with Gasteiger partial charge >= 0.3 is 0 Å². The second-order valence-electron chi connectivity index (χ2n) is 6.34. The number of nitrogens with zero attached hydrogens (tertiary/aromatic N) is 1. The van der Waals surface area contributed by atoms with E-state index < -0.39 is 5.91 Å². The molecule has 4 amide bonds. The number of hydrogen-bond donors (Lipinski definition) is 2. The van der Waals surface area contributed by atoms with Crippen molar-refractivity contribution in [3.8, 4) is 0 Å². The number of halogens is 1. The molecular formula is C18H18IN3O4. The van der Waals surface area contributed by atoms with E-state index in [2.05, 4.69) is 27.9 Å². The normalized spacial score (nSPS) is 19.4. The highest BCUT2D eigenvalue weighted by molar-refractivity contribution is 14.1. The molecule has 0 aromatic heterocycles. The molecule has 1 aliphatic heterocycles. The van der Waals surface area contributed by atoms with Gasteiger partial charge in [-0.2, -0.15) is 0 Å². The van der Waals surface area contributed by atoms with Gasteiger partial charge in [0, 0.05) is 27.7 Å². The molecule has 1 heterocycles. The smallest absolute Gasteiger partial charge is 0.252 e. The fourth-order valence-corrected chi connectivity index (χ4v) is 4.52. The average Bonchev–Trinajstić information content (AvgIpc) is 2.89. The van der Waals surface area contributed by atoms with Crippen LogP contribution in [0.3, 0.4) is 0 Å². The Labute approximate surface area is 164 Å². The molecule has 0 radical (unpaired) electrons. The fourth-order valence-electron chi connectivity index (χ4n) is 3.39. The van der Waals surface area contributed by atoms with Crippen LogP contribution in [0.15, 0.2) is 29.3 Å². The first kappa shape index (κ1) is 18.6. The van der Waals surface area contributed by atoms with Crippen LogP contribution in [-0.4, -0.2) is 27.6 Å². The van der Waals surface area contributed by atoms with E-state index in [4.69, 9.17) is 5.73 Å². The molecule has 0 fully saturated rings. The number of carbonyl (C=O) groups is 4. The third-order valence-corrected chi connectivity index (χ3v) is 5.80. The van der Waals surface area contributed by atoms with Crippen LogP contribution in [0.25, 0.3) is 0 Å². The van der Waals surface area contributed by atoms with Crippen LogP contribution in [0, 0.1) is 0 Å². The molecule has 3 N–H and O–H groups in total. The molecule has 0 saturated carbocycles. The Hall–Kier alpha value is -2.23. The van der Waals surface area contributed by atoms with Crippen molar-refractivity contribution in [2.45, 2.75) is 36.5 Å². The lowest BCUT2D eigenvalue weighted by molar-refractivity contribution is -0.124. The minimum Gasteiger partial charge on any atom is -0.366 e. The Morgan fingerprint density at radius 2 is 2.04 bits per heavy atom. The van der Waals surface area contributed by atoms with Crippen LogP contribution in [0.5, 0.6) is 0 Å². The highest BCUT2D eigenvalue weighted by atomic mass is 127. The first-order valence-corrected chi connectivity index (χ1v) is 9.49. The third-order valence-electron chi connectivity index (χ3n) is 4.55. The number of carbonyl (C=O) groups excluding carboxylic acids is 4. The summed E-state index contributed by atoms with van der Waals surface area (Å²) in [5.74, 6) is -1.60. The minimum absolute atomic E-state index is 0.0783. The number of rotatable bonds is 3. The lowest BCUT2D eigenvalue weighted by Gasteiger charge is -2.22. The van der Waals surface area contributed by atoms with Crippen molar-refractivity contribution < 1.29 is 19.2 Å². The SMILES string of the molecule is CC(=O)N1C(=O)Cc2ccc(NC(=O)C3=C(C(N)=O)C(I)CCC3)cc21. The standard InChI is InChI=1S/C18H18IN3O4/c1-9(23)22-14-8-11(6-5-10(14)7-15(22)24)21-18(26)12-3-2-4-13(19)16(12)17(20)25/h5-6,8,13H,2-4,7H2,1H3,(H2,20,25)(H,21,26). The van der Waals surface area contributed by atoms with Crippen LogP contribution < -0.4 is 16.0 Å². The molecule has 0 saturated heterocycles. The van der Waals surface area contributed by atoms with Crippen LogP contribution in [-0.2, 0) is 25.6 Å². The fraction of sp³-hybridized carbons (Fsp3) is 0.333. The molecule has 26 heavy (non-hydrogen) atoms. The lowest BCUT2D eigenvalue weighted by Crippen LogP contribution is -2.31. The Kier molecular flexibility index (Phi) is 5.12. The van der Waals surface area contributed by atoms with Gasteiger partial charge in [-0.15, -0.1) is 0 Å². The number of benzene rings is 1. The number of anilines is 2. The van der Waals surface area contributed by atoms with Gasteiger partial charge in [-0.05, 0) is 37.0 Å². The van der Waals surface area contributed by atoms with Crippen LogP contribution in [0.2, 0.25) is 0 Å². The first-order valence-electron chi connectivity index (χ1n) is 8.24. The number of fused-ring (bicyclic) bond motifs is 1. The van der Waals surface area contributed by atoms with Gasteiger partial charge in [-0.1, -0.05) is 28.7 Å². The van der Waals surface area contributed by atoms with Crippen LogP contribution >= 0.6 is 22.6 Å². The predicted molar refractivity (Wildman–Crippen MR) is 105 cm³/mol. The molecule has 2 aliphatic rings. The van der Waals surface area contributed by atoms with E-state index in [9.17, 15) is 19.2 Å². The van der Waals surface area contributed by atoms with Crippen LogP contribution in [0.4, 0.5) is 11.4 Å². The summed E-state index contributed by atoms with van der Waals surface area (Å²) in [6.45, 7) is 1.32. The maximum Gasteiger partial charge on any atom is 0.252 e. The van der Waals surface area contributed by atoms with Gasteiger partial charge in [0.05, 0.1) is 12.1 Å². The summed E-state index contributed by atoms with van der Waals surface area (Å²) < 4.78 is -0.0783. The van der Waals surface area contributed by atoms with E-state index in [0.717, 1.165) is 23.3 Å². The lowest BCUT2D eigenvalue weighted by atomic mass is 9.90. The molecule has 0 bridgehead atoms. The summed E-state index contributed by atoms with van der Waals surface area (Å²) in [6, 6.07) is 5.01. The number of nitrogens with two attached hydrogens (primary N) is 1. The summed E-state index contributed by atoms with van der Waals surface area (Å²) in [4.78, 5) is 49.2. The zero-order chi connectivity index (χ0) is 19.0. The maximum absolute atomic E-state index is 12.7. The highest BCUT2D eigenvalue weighted by Crippen LogP contribution is 2.34. The molecule has 136 valence electrons. The number of amides is 4. The molecule has 1 aromatic carbocycles. The van der Waals surface area contributed by atoms with Crippen molar-refractivity contribution in [1.82, 2.24) is 0 Å². The van der Waals surface area contributed by atoms with Gasteiger partial charge in [-0.3, -0.25) is 24.1 Å². The number of hydrogen-bond acceptors (Lipinski definition) is 4. The molecule has 7 nitrogen and oxygen atoms in total. The number of nitrogens with one attached hydrogen (secondary N) is 1. The van der Waals surface area contributed by atoms with E-state index in [1.165, 1.54) is 6.92 Å². The van der Waals surface area contributed by atoms with Gasteiger partial charge in [0.25, 0.3) is 5.91 Å². The quantitative estimate of drug-likeness (QED) is 0.522. The Balaban J connectivity index is 1.89. The number of imide groups is 1. The molecule has 0 spiro atoms. The summed E-state index contributed by atoms with van der Waals surface area (Å²) in [6.07, 6.45) is 2.28. The van der Waals surface area contributed by atoms with Gasteiger partial charge < -0.3 is 11.1 Å². The molecule has 1 aromatic rings. The molecule has 1 unspecified atom stereocenters. The van der Waals surface area contributed by atoms with Gasteiger partial charge in [0.2, 0.25) is 17.7 Å². The second-order valence-corrected chi connectivity index (χ2v) is 7.84. The maximum atomic E-state index is 12.7. The Morgan fingerprint density at radius 3 is 2.69 bits per heavy atom. The molecule has 1 aliphatic carbocycles. The topological polar surface area (TPSA) is 110 Å². The highest BCUT2D eigenvalue weighted by Gasteiger charge is 2.31. The van der Waals surface area contributed by atoms with Crippen molar-refractivity contribution in [3.05, 3.63) is 34.9 Å². The van der Waals surface area contributed by atoms with E-state index in [-0.39, 0.29) is 28.1 Å². The van der Waals surface area contributed by atoms with Crippen molar-refractivity contribution in [3.63, 3.8) is 0 Å². The van der Waals surface area contributed by atoms with E-state index >= 15 is 0 Å². The van der Waals surface area contributed by atoms with E-state index in [1.807, 2.05) is 0 Å². The third kappa shape index (κ3) is 3.37. The summed E-state index contributed by atoms with van der Waals surface area (Å²) >= 11 is 2.13. The minimum atomic E-state index is -0.573. The molecule has 1 atom stereocenters. The monoisotopic (exact) mass is 467 g/mol. The van der Waals surface area contributed by atoms with E-state index in [0.29, 0.717) is 28.9 Å². The summed E-state index contributed by atoms with van der Waals surface area (Å²) in [5, 5.41) is 2.76. The van der Waals surface area contributed by atoms with E-state index in [1.54, 1.807) is 18.2 Å². The number of alkyl halides is 1. The second kappa shape index (κ2) is 7.18. The van der Waals surface area contributed by atoms with Crippen LogP contribution in [0.1, 0.15) is 31.7 Å². The molecule has 3 rings (SSSR count). The largest absolute Gasteiger partial charge is 0.366 e. The Morgan fingerprint density at radius 1 is 1.31 bits per heavy atom. The van der Waals surface area contributed by atoms with Gasteiger partial charge in [0.15, 0.2) is 0 Å². The zero-order valence-corrected chi connectivity index (χ0v) is 16.3. The van der Waals surface area contributed by atoms with Crippen molar-refractivity contribution in [2.75, 3.05) is 10.2 Å². The molecular weight excluding hydrogens is 449 g/mol. The molecule has 8 heteroatoms.